The number of carbonyl (C=O) groups is 2. The maximum absolute atomic E-state index is 12.1. The zero-order chi connectivity index (χ0) is 17.0. The molecule has 6 nitrogen and oxygen atoms in total. The number of methoxy groups -OCH3 is 1. The Morgan fingerprint density at radius 2 is 1.91 bits per heavy atom. The highest BCUT2D eigenvalue weighted by Crippen LogP contribution is 2.16. The number of carbonyl (C=O) groups excluding carboxylic acids is 2. The number of anilines is 1. The predicted octanol–water partition coefficient (Wildman–Crippen LogP) is 2.88. The van der Waals surface area contributed by atoms with Crippen LogP contribution >= 0.6 is 0 Å². The maximum atomic E-state index is 12.1. The van der Waals surface area contributed by atoms with Crippen molar-refractivity contribution in [1.82, 2.24) is 9.78 Å². The molecule has 0 radical (unpaired) electrons. The molecule has 0 bridgehead atoms. The molecule has 1 aromatic heterocycles. The van der Waals surface area contributed by atoms with Crippen molar-refractivity contribution in [3.8, 4) is 0 Å². The highest BCUT2D eigenvalue weighted by molar-refractivity contribution is 5.93. The first-order valence-corrected chi connectivity index (χ1v) is 7.41. The number of amides is 1. The van der Waals surface area contributed by atoms with Crippen LogP contribution in [0.25, 0.3) is 0 Å². The molecule has 2 aromatic rings. The van der Waals surface area contributed by atoms with Crippen molar-refractivity contribution in [2.75, 3.05) is 12.4 Å². The van der Waals surface area contributed by atoms with Crippen molar-refractivity contribution in [3.05, 3.63) is 47.3 Å². The van der Waals surface area contributed by atoms with Crippen LogP contribution in [-0.4, -0.2) is 28.8 Å². The molecule has 0 aliphatic rings. The lowest BCUT2D eigenvalue weighted by Gasteiger charge is -2.14. The van der Waals surface area contributed by atoms with E-state index in [1.165, 1.54) is 7.11 Å². The van der Waals surface area contributed by atoms with Crippen molar-refractivity contribution >= 4 is 17.6 Å². The SMILES string of the molecule is COC(=O)c1ccc(NC(=O)CC(C)n2nc(C)cc2C)cc1. The first-order valence-electron chi connectivity index (χ1n) is 7.41. The van der Waals surface area contributed by atoms with E-state index in [-0.39, 0.29) is 11.9 Å². The van der Waals surface area contributed by atoms with Crippen molar-refractivity contribution in [3.63, 3.8) is 0 Å². The van der Waals surface area contributed by atoms with Gasteiger partial charge in [-0.25, -0.2) is 4.79 Å². The van der Waals surface area contributed by atoms with Gasteiger partial charge in [0.15, 0.2) is 0 Å². The van der Waals surface area contributed by atoms with E-state index >= 15 is 0 Å². The molecule has 1 heterocycles. The van der Waals surface area contributed by atoms with Crippen LogP contribution < -0.4 is 5.32 Å². The first-order chi connectivity index (χ1) is 10.9. The Hall–Kier alpha value is -2.63. The minimum Gasteiger partial charge on any atom is -0.465 e. The molecule has 1 amide bonds. The highest BCUT2D eigenvalue weighted by Gasteiger charge is 2.14. The van der Waals surface area contributed by atoms with Crippen LogP contribution in [0.4, 0.5) is 5.69 Å². The Bertz CT molecular complexity index is 704. The van der Waals surface area contributed by atoms with Gasteiger partial charge in [-0.1, -0.05) is 0 Å². The van der Waals surface area contributed by atoms with E-state index in [2.05, 4.69) is 15.2 Å². The second-order valence-electron chi connectivity index (χ2n) is 5.54. The van der Waals surface area contributed by atoms with E-state index in [1.807, 2.05) is 31.5 Å². The van der Waals surface area contributed by atoms with E-state index < -0.39 is 5.97 Å². The zero-order valence-electron chi connectivity index (χ0n) is 13.8. The summed E-state index contributed by atoms with van der Waals surface area (Å²) in [6.07, 6.45) is 0.320. The third kappa shape index (κ3) is 4.18. The summed E-state index contributed by atoms with van der Waals surface area (Å²) < 4.78 is 6.49. The number of esters is 1. The van der Waals surface area contributed by atoms with E-state index in [9.17, 15) is 9.59 Å². The summed E-state index contributed by atoms with van der Waals surface area (Å²) >= 11 is 0. The number of hydrogen-bond acceptors (Lipinski definition) is 4. The normalized spacial score (nSPS) is 11.8. The lowest BCUT2D eigenvalue weighted by molar-refractivity contribution is -0.116. The molecule has 0 saturated heterocycles. The Morgan fingerprint density at radius 3 is 2.43 bits per heavy atom. The van der Waals surface area contributed by atoms with Gasteiger partial charge in [0.1, 0.15) is 0 Å². The molecule has 2 rings (SSSR count). The van der Waals surface area contributed by atoms with Crippen LogP contribution in [0.5, 0.6) is 0 Å². The minimum absolute atomic E-state index is 0.0296. The van der Waals surface area contributed by atoms with Crippen LogP contribution in [0, 0.1) is 13.8 Å². The Morgan fingerprint density at radius 1 is 1.26 bits per heavy atom. The second kappa shape index (κ2) is 7.09. The summed E-state index contributed by atoms with van der Waals surface area (Å²) in [6.45, 7) is 5.86. The summed E-state index contributed by atoms with van der Waals surface area (Å²) in [6, 6.07) is 8.55. The number of hydrogen-bond donors (Lipinski definition) is 1. The molecule has 23 heavy (non-hydrogen) atoms. The summed E-state index contributed by atoms with van der Waals surface area (Å²) in [5.74, 6) is -0.503. The number of rotatable bonds is 5. The molecule has 0 aliphatic carbocycles. The van der Waals surface area contributed by atoms with Crippen molar-refractivity contribution in [1.29, 1.82) is 0 Å². The monoisotopic (exact) mass is 315 g/mol. The zero-order valence-corrected chi connectivity index (χ0v) is 13.8. The van der Waals surface area contributed by atoms with Gasteiger partial charge in [0.25, 0.3) is 0 Å². The predicted molar refractivity (Wildman–Crippen MR) is 87.4 cm³/mol. The van der Waals surface area contributed by atoms with Crippen LogP contribution in [0.3, 0.4) is 0 Å². The summed E-state index contributed by atoms with van der Waals surface area (Å²) in [5.41, 5.74) is 3.06. The number of ether oxygens (including phenoxy) is 1. The number of aryl methyl sites for hydroxylation is 2. The van der Waals surface area contributed by atoms with Crippen molar-refractivity contribution < 1.29 is 14.3 Å². The summed E-state index contributed by atoms with van der Waals surface area (Å²) in [5, 5.41) is 7.22. The molecule has 1 atom stereocenters. The minimum atomic E-state index is -0.402. The molecule has 0 spiro atoms. The highest BCUT2D eigenvalue weighted by atomic mass is 16.5. The smallest absolute Gasteiger partial charge is 0.337 e. The molecule has 1 unspecified atom stereocenters. The average molecular weight is 315 g/mol. The van der Waals surface area contributed by atoms with Gasteiger partial charge in [0, 0.05) is 17.8 Å². The molecular weight excluding hydrogens is 294 g/mol. The standard InChI is InChI=1S/C17H21N3O3/c1-11-9-12(2)20(19-11)13(3)10-16(21)18-15-7-5-14(6-8-15)17(22)23-4/h5-9,13H,10H2,1-4H3,(H,18,21). The third-order valence-electron chi connectivity index (χ3n) is 3.53. The van der Waals surface area contributed by atoms with Crippen molar-refractivity contribution in [2.45, 2.75) is 33.2 Å². The molecule has 0 saturated carbocycles. The molecule has 6 heteroatoms. The Kier molecular flexibility index (Phi) is 5.16. The average Bonchev–Trinajstić information content (AvgIpc) is 2.86. The fourth-order valence-electron chi connectivity index (χ4n) is 2.47. The van der Waals surface area contributed by atoms with E-state index in [0.29, 0.717) is 17.7 Å². The van der Waals surface area contributed by atoms with Crippen molar-refractivity contribution in [2.24, 2.45) is 0 Å². The van der Waals surface area contributed by atoms with Gasteiger partial charge in [-0.3, -0.25) is 9.48 Å². The number of nitrogens with one attached hydrogen (secondary N) is 1. The molecule has 1 N–H and O–H groups in total. The fourth-order valence-corrected chi connectivity index (χ4v) is 2.47. The van der Waals surface area contributed by atoms with E-state index in [0.717, 1.165) is 11.4 Å². The molecule has 0 aliphatic heterocycles. The summed E-state index contributed by atoms with van der Waals surface area (Å²) in [4.78, 5) is 23.5. The van der Waals surface area contributed by atoms with Gasteiger partial charge in [-0.15, -0.1) is 0 Å². The van der Waals surface area contributed by atoms with Gasteiger partial charge in [-0.05, 0) is 51.1 Å². The topological polar surface area (TPSA) is 73.2 Å². The fraction of sp³-hybridized carbons (Fsp3) is 0.353. The van der Waals surface area contributed by atoms with Crippen LogP contribution in [0.2, 0.25) is 0 Å². The molecular formula is C17H21N3O3. The van der Waals surface area contributed by atoms with Crippen LogP contribution in [-0.2, 0) is 9.53 Å². The van der Waals surface area contributed by atoms with Gasteiger partial charge in [0.2, 0.25) is 5.91 Å². The lowest BCUT2D eigenvalue weighted by Crippen LogP contribution is -2.19. The van der Waals surface area contributed by atoms with Crippen LogP contribution in [0.1, 0.15) is 41.1 Å². The van der Waals surface area contributed by atoms with Gasteiger partial charge < -0.3 is 10.1 Å². The molecule has 1 aromatic carbocycles. The van der Waals surface area contributed by atoms with Gasteiger partial charge in [0.05, 0.1) is 24.4 Å². The quantitative estimate of drug-likeness (QED) is 0.861. The largest absolute Gasteiger partial charge is 0.465 e. The van der Waals surface area contributed by atoms with E-state index in [1.54, 1.807) is 24.3 Å². The third-order valence-corrected chi connectivity index (χ3v) is 3.53. The Balaban J connectivity index is 1.96. The number of benzene rings is 1. The molecule has 0 fully saturated rings. The van der Waals surface area contributed by atoms with Gasteiger partial charge in [-0.2, -0.15) is 5.10 Å². The maximum Gasteiger partial charge on any atom is 0.337 e. The van der Waals surface area contributed by atoms with Gasteiger partial charge >= 0.3 is 5.97 Å². The second-order valence-corrected chi connectivity index (χ2v) is 5.54. The van der Waals surface area contributed by atoms with Crippen LogP contribution in [0.15, 0.2) is 30.3 Å². The number of nitrogens with zero attached hydrogens (tertiary/aromatic N) is 2. The van der Waals surface area contributed by atoms with E-state index in [4.69, 9.17) is 0 Å². The lowest BCUT2D eigenvalue weighted by atomic mass is 10.2. The first kappa shape index (κ1) is 16.7. The Labute approximate surface area is 135 Å². The molecule has 122 valence electrons. The summed E-state index contributed by atoms with van der Waals surface area (Å²) in [7, 11) is 1.33. The number of aromatic nitrogens is 2.